The molecule has 1 saturated heterocycles. The summed E-state index contributed by atoms with van der Waals surface area (Å²) in [4.78, 5) is 25.9. The van der Waals surface area contributed by atoms with Crippen molar-refractivity contribution in [2.24, 2.45) is 0 Å². The summed E-state index contributed by atoms with van der Waals surface area (Å²) in [5.41, 5.74) is 1.11. The van der Waals surface area contributed by atoms with Gasteiger partial charge in [0, 0.05) is 35.3 Å². The quantitative estimate of drug-likeness (QED) is 0.480. The van der Waals surface area contributed by atoms with E-state index in [1.165, 1.54) is 35.5 Å². The minimum Gasteiger partial charge on any atom is -0.336 e. The molecule has 1 fully saturated rings. The predicted octanol–water partition coefficient (Wildman–Crippen LogP) is 2.64. The van der Waals surface area contributed by atoms with Crippen LogP contribution in [0.15, 0.2) is 53.4 Å². The van der Waals surface area contributed by atoms with Gasteiger partial charge < -0.3 is 4.90 Å². The van der Waals surface area contributed by atoms with Crippen LogP contribution in [0.25, 0.3) is 0 Å². The van der Waals surface area contributed by atoms with Crippen LogP contribution in [0.4, 0.5) is 0 Å². The fourth-order valence-electron chi connectivity index (χ4n) is 2.95. The van der Waals surface area contributed by atoms with Gasteiger partial charge in [-0.1, -0.05) is 24.3 Å². The molecule has 6 nitrogen and oxygen atoms in total. The summed E-state index contributed by atoms with van der Waals surface area (Å²) < 4.78 is 27.9. The highest BCUT2D eigenvalue weighted by Crippen LogP contribution is 2.20. The Hall–Kier alpha value is -1.78. The third kappa shape index (κ3) is 4.22. The van der Waals surface area contributed by atoms with Gasteiger partial charge in [-0.2, -0.15) is 4.31 Å². The molecule has 2 aromatic carbocycles. The first-order valence-corrected chi connectivity index (χ1v) is 11.0. The molecular weight excluding hydrogens is 479 g/mol. The summed E-state index contributed by atoms with van der Waals surface area (Å²) in [6.45, 7) is 2.61. The van der Waals surface area contributed by atoms with Crippen molar-refractivity contribution >= 4 is 44.3 Å². The van der Waals surface area contributed by atoms with Crippen LogP contribution in [0.3, 0.4) is 0 Å². The highest BCUT2D eigenvalue weighted by molar-refractivity contribution is 14.1. The lowest BCUT2D eigenvalue weighted by atomic mass is 10.2. The number of amides is 1. The highest BCUT2D eigenvalue weighted by Gasteiger charge is 2.30. The Morgan fingerprint density at radius 2 is 1.52 bits per heavy atom. The van der Waals surface area contributed by atoms with Crippen molar-refractivity contribution < 1.29 is 18.0 Å². The minimum atomic E-state index is -3.64. The fraction of sp³-hybridized carbons (Fsp3) is 0.263. The van der Waals surface area contributed by atoms with E-state index < -0.39 is 10.0 Å². The van der Waals surface area contributed by atoms with E-state index in [9.17, 15) is 18.0 Å². The number of Topliss-reactive ketones (excluding diaryl/α,β-unsaturated/α-hetero) is 1. The molecule has 0 aromatic heterocycles. The van der Waals surface area contributed by atoms with Crippen LogP contribution >= 0.6 is 22.6 Å². The van der Waals surface area contributed by atoms with E-state index in [1.54, 1.807) is 11.0 Å². The molecule has 8 heteroatoms. The maximum Gasteiger partial charge on any atom is 0.255 e. The number of sulfonamides is 1. The zero-order valence-corrected chi connectivity index (χ0v) is 17.7. The fourth-order valence-corrected chi connectivity index (χ4v) is 4.99. The van der Waals surface area contributed by atoms with Gasteiger partial charge in [-0.25, -0.2) is 8.42 Å². The number of halogens is 1. The van der Waals surface area contributed by atoms with E-state index in [0.29, 0.717) is 24.2 Å². The van der Waals surface area contributed by atoms with Gasteiger partial charge in [0.2, 0.25) is 10.0 Å². The summed E-state index contributed by atoms with van der Waals surface area (Å²) in [5, 5.41) is 0. The summed E-state index contributed by atoms with van der Waals surface area (Å²) in [6.07, 6.45) is 0. The number of ketones is 1. The van der Waals surface area contributed by atoms with Gasteiger partial charge >= 0.3 is 0 Å². The summed E-state index contributed by atoms with van der Waals surface area (Å²) >= 11 is 2.13. The van der Waals surface area contributed by atoms with Gasteiger partial charge in [-0.15, -0.1) is 0 Å². The zero-order valence-electron chi connectivity index (χ0n) is 14.8. The number of carbonyl (C=O) groups excluding carboxylic acids is 2. The van der Waals surface area contributed by atoms with Crippen molar-refractivity contribution in [1.82, 2.24) is 9.21 Å². The van der Waals surface area contributed by atoms with E-state index in [2.05, 4.69) is 22.6 Å². The molecule has 1 amide bonds. The van der Waals surface area contributed by atoms with Gasteiger partial charge in [0.1, 0.15) is 0 Å². The molecule has 1 heterocycles. The molecule has 0 N–H and O–H groups in total. The van der Waals surface area contributed by atoms with Crippen LogP contribution in [0, 0.1) is 3.57 Å². The van der Waals surface area contributed by atoms with Crippen LogP contribution in [0.5, 0.6) is 0 Å². The predicted molar refractivity (Wildman–Crippen MR) is 110 cm³/mol. The SMILES string of the molecule is CC(=O)c1ccc(S(=O)(=O)N2CCN(C(=O)c3ccccc3I)CC2)cc1. The molecule has 0 atom stereocenters. The van der Waals surface area contributed by atoms with E-state index in [4.69, 9.17) is 0 Å². The Morgan fingerprint density at radius 3 is 2.07 bits per heavy atom. The average Bonchev–Trinajstić information content (AvgIpc) is 2.68. The minimum absolute atomic E-state index is 0.0807. The van der Waals surface area contributed by atoms with Crippen molar-refractivity contribution in [3.05, 3.63) is 63.2 Å². The number of hydrogen-bond acceptors (Lipinski definition) is 4. The molecule has 27 heavy (non-hydrogen) atoms. The number of carbonyl (C=O) groups is 2. The molecule has 1 aliphatic heterocycles. The third-order valence-electron chi connectivity index (χ3n) is 4.53. The summed E-state index contributed by atoms with van der Waals surface area (Å²) in [7, 11) is -3.64. The van der Waals surface area contributed by atoms with Gasteiger partial charge in [-0.05, 0) is 53.8 Å². The van der Waals surface area contributed by atoms with Crippen molar-refractivity contribution in [2.75, 3.05) is 26.2 Å². The maximum atomic E-state index is 12.8. The Kier molecular flexibility index (Phi) is 5.97. The smallest absolute Gasteiger partial charge is 0.255 e. The van der Waals surface area contributed by atoms with Crippen molar-refractivity contribution in [1.29, 1.82) is 0 Å². The van der Waals surface area contributed by atoms with E-state index >= 15 is 0 Å². The van der Waals surface area contributed by atoms with Gasteiger partial charge in [0.25, 0.3) is 5.91 Å². The monoisotopic (exact) mass is 498 g/mol. The molecule has 0 saturated carbocycles. The average molecular weight is 498 g/mol. The molecular formula is C19H19IN2O4S. The van der Waals surface area contributed by atoms with Crippen LogP contribution in [-0.4, -0.2) is 55.5 Å². The zero-order chi connectivity index (χ0) is 19.6. The van der Waals surface area contributed by atoms with Crippen LogP contribution in [0.2, 0.25) is 0 Å². The van der Waals surface area contributed by atoms with Crippen LogP contribution < -0.4 is 0 Å². The van der Waals surface area contributed by atoms with Crippen molar-refractivity contribution in [2.45, 2.75) is 11.8 Å². The molecule has 0 aliphatic carbocycles. The molecule has 0 bridgehead atoms. The van der Waals surface area contributed by atoms with Gasteiger partial charge in [-0.3, -0.25) is 9.59 Å². The van der Waals surface area contributed by atoms with Crippen molar-refractivity contribution in [3.63, 3.8) is 0 Å². The second-order valence-electron chi connectivity index (χ2n) is 6.26. The lowest BCUT2D eigenvalue weighted by Crippen LogP contribution is -2.50. The van der Waals surface area contributed by atoms with Crippen LogP contribution in [-0.2, 0) is 10.0 Å². The number of piperazine rings is 1. The largest absolute Gasteiger partial charge is 0.336 e. The number of benzene rings is 2. The lowest BCUT2D eigenvalue weighted by Gasteiger charge is -2.34. The first kappa shape index (κ1) is 20.0. The first-order valence-electron chi connectivity index (χ1n) is 8.45. The maximum absolute atomic E-state index is 12.8. The number of hydrogen-bond donors (Lipinski definition) is 0. The molecule has 3 rings (SSSR count). The third-order valence-corrected chi connectivity index (χ3v) is 7.38. The highest BCUT2D eigenvalue weighted by atomic mass is 127. The molecule has 0 radical (unpaired) electrons. The van der Waals surface area contributed by atoms with Crippen LogP contribution in [0.1, 0.15) is 27.6 Å². The van der Waals surface area contributed by atoms with Gasteiger partial charge in [0.15, 0.2) is 5.78 Å². The van der Waals surface area contributed by atoms with Crippen molar-refractivity contribution in [3.8, 4) is 0 Å². The van der Waals surface area contributed by atoms with E-state index in [0.717, 1.165) is 3.57 Å². The number of rotatable bonds is 4. The van der Waals surface area contributed by atoms with Gasteiger partial charge in [0.05, 0.1) is 10.5 Å². The molecule has 0 spiro atoms. The Morgan fingerprint density at radius 1 is 0.926 bits per heavy atom. The Balaban J connectivity index is 1.70. The molecule has 0 unspecified atom stereocenters. The Bertz CT molecular complexity index is 965. The summed E-state index contributed by atoms with van der Waals surface area (Å²) in [5.74, 6) is -0.190. The lowest BCUT2D eigenvalue weighted by molar-refractivity contribution is 0.0696. The first-order chi connectivity index (χ1) is 12.8. The second kappa shape index (κ2) is 8.07. The standard InChI is InChI=1S/C19H19IN2O4S/c1-14(23)15-6-8-16(9-7-15)27(25,26)22-12-10-21(11-13-22)19(24)17-4-2-3-5-18(17)20/h2-9H,10-13H2,1H3. The summed E-state index contributed by atoms with van der Waals surface area (Å²) in [6, 6.07) is 13.3. The topological polar surface area (TPSA) is 74.8 Å². The molecule has 1 aliphatic rings. The number of nitrogens with zero attached hydrogens (tertiary/aromatic N) is 2. The molecule has 142 valence electrons. The normalized spacial score (nSPS) is 15.6. The second-order valence-corrected chi connectivity index (χ2v) is 9.36. The van der Waals surface area contributed by atoms with E-state index in [1.807, 2.05) is 18.2 Å². The molecule has 2 aromatic rings. The Labute approximate surface area is 172 Å². The van der Waals surface area contributed by atoms with E-state index in [-0.39, 0.29) is 29.7 Å².